The fourth-order valence-electron chi connectivity index (χ4n) is 0.914. The summed E-state index contributed by atoms with van der Waals surface area (Å²) in [4.78, 5) is 21.8. The number of carbonyl (C=O) groups excluding carboxylic acids is 2. The molecule has 0 aromatic heterocycles. The van der Waals surface area contributed by atoms with Crippen molar-refractivity contribution < 1.29 is 14.3 Å². The molecule has 0 fully saturated rings. The van der Waals surface area contributed by atoms with Gasteiger partial charge in [0.1, 0.15) is 0 Å². The second-order valence-corrected chi connectivity index (χ2v) is 3.66. The third kappa shape index (κ3) is 3.67. The highest BCUT2D eigenvalue weighted by Crippen LogP contribution is 2.11. The molecular formula is C11H9BrO3. The summed E-state index contributed by atoms with van der Waals surface area (Å²) in [6, 6.07) is 7.35. The average molecular weight is 269 g/mol. The Morgan fingerprint density at radius 1 is 1.27 bits per heavy atom. The lowest BCUT2D eigenvalue weighted by atomic mass is 10.2. The van der Waals surface area contributed by atoms with Crippen LogP contribution in [0.5, 0.6) is 0 Å². The highest BCUT2D eigenvalue weighted by molar-refractivity contribution is 9.10. The number of rotatable bonds is 3. The lowest BCUT2D eigenvalue weighted by molar-refractivity contribution is -0.149. The second kappa shape index (κ2) is 5.46. The first-order valence-electron chi connectivity index (χ1n) is 4.19. The van der Waals surface area contributed by atoms with Crippen LogP contribution in [0.15, 0.2) is 34.8 Å². The molecule has 0 aliphatic rings. The van der Waals surface area contributed by atoms with Crippen LogP contribution < -0.4 is 0 Å². The van der Waals surface area contributed by atoms with Gasteiger partial charge in [0.2, 0.25) is 0 Å². The Bertz CT molecular complexity index is 393. The van der Waals surface area contributed by atoms with Gasteiger partial charge >= 0.3 is 5.97 Å². The Morgan fingerprint density at radius 2 is 1.87 bits per heavy atom. The molecule has 15 heavy (non-hydrogen) atoms. The standard InChI is InChI=1S/C11H9BrO3/c1-15-11(14)10(13)7-4-8-2-5-9(12)6-3-8/h2-7H,1H3/b7-4+. The van der Waals surface area contributed by atoms with Gasteiger partial charge in [-0.15, -0.1) is 0 Å². The van der Waals surface area contributed by atoms with Crippen molar-refractivity contribution in [2.75, 3.05) is 7.11 Å². The molecule has 78 valence electrons. The van der Waals surface area contributed by atoms with Gasteiger partial charge in [0.15, 0.2) is 0 Å². The molecule has 1 rings (SSSR count). The van der Waals surface area contributed by atoms with Crippen LogP contribution in [0.4, 0.5) is 0 Å². The number of hydrogen-bond acceptors (Lipinski definition) is 3. The SMILES string of the molecule is COC(=O)C(=O)/C=C/c1ccc(Br)cc1. The molecule has 0 heterocycles. The van der Waals surface area contributed by atoms with Gasteiger partial charge in [-0.25, -0.2) is 4.79 Å². The van der Waals surface area contributed by atoms with E-state index >= 15 is 0 Å². The summed E-state index contributed by atoms with van der Waals surface area (Å²) < 4.78 is 5.23. The van der Waals surface area contributed by atoms with Crippen LogP contribution in [0.1, 0.15) is 5.56 Å². The van der Waals surface area contributed by atoms with E-state index in [-0.39, 0.29) is 0 Å². The van der Waals surface area contributed by atoms with Gasteiger partial charge in [0.05, 0.1) is 7.11 Å². The maximum Gasteiger partial charge on any atom is 0.378 e. The number of ether oxygens (including phenoxy) is 1. The van der Waals surface area contributed by atoms with Crippen molar-refractivity contribution in [2.45, 2.75) is 0 Å². The topological polar surface area (TPSA) is 43.4 Å². The predicted octanol–water partition coefficient (Wildman–Crippen LogP) is 2.20. The van der Waals surface area contributed by atoms with Crippen LogP contribution in [0.2, 0.25) is 0 Å². The number of halogens is 1. The zero-order chi connectivity index (χ0) is 11.3. The Balaban J connectivity index is 2.69. The van der Waals surface area contributed by atoms with Gasteiger partial charge < -0.3 is 4.74 Å². The molecular weight excluding hydrogens is 260 g/mol. The Hall–Kier alpha value is -1.42. The lowest BCUT2D eigenvalue weighted by Crippen LogP contribution is -2.11. The first kappa shape index (κ1) is 11.7. The van der Waals surface area contributed by atoms with E-state index in [0.717, 1.165) is 10.0 Å². The molecule has 0 unspecified atom stereocenters. The van der Waals surface area contributed by atoms with Crippen molar-refractivity contribution in [3.63, 3.8) is 0 Å². The summed E-state index contributed by atoms with van der Waals surface area (Å²) in [6.07, 6.45) is 2.75. The van der Waals surface area contributed by atoms with Crippen LogP contribution in [-0.2, 0) is 14.3 Å². The zero-order valence-corrected chi connectivity index (χ0v) is 9.65. The van der Waals surface area contributed by atoms with Gasteiger partial charge in [0.25, 0.3) is 5.78 Å². The number of hydrogen-bond donors (Lipinski definition) is 0. The van der Waals surface area contributed by atoms with Gasteiger partial charge in [-0.2, -0.15) is 0 Å². The monoisotopic (exact) mass is 268 g/mol. The van der Waals surface area contributed by atoms with Crippen LogP contribution in [-0.4, -0.2) is 18.9 Å². The molecule has 0 atom stereocenters. The van der Waals surface area contributed by atoms with Gasteiger partial charge in [-0.3, -0.25) is 4.79 Å². The van der Waals surface area contributed by atoms with E-state index in [0.29, 0.717) is 0 Å². The molecule has 0 bridgehead atoms. The predicted molar refractivity (Wildman–Crippen MR) is 60.2 cm³/mol. The number of carbonyl (C=O) groups is 2. The van der Waals surface area contributed by atoms with Crippen LogP contribution in [0.3, 0.4) is 0 Å². The molecule has 0 aliphatic heterocycles. The smallest absolute Gasteiger partial charge is 0.378 e. The van der Waals surface area contributed by atoms with E-state index in [1.807, 2.05) is 24.3 Å². The Morgan fingerprint density at radius 3 is 2.40 bits per heavy atom. The highest BCUT2D eigenvalue weighted by Gasteiger charge is 2.08. The third-order valence-corrected chi connectivity index (χ3v) is 2.21. The van der Waals surface area contributed by atoms with Gasteiger partial charge in [-0.1, -0.05) is 34.1 Å². The zero-order valence-electron chi connectivity index (χ0n) is 8.07. The maximum absolute atomic E-state index is 11.0. The molecule has 4 heteroatoms. The first-order valence-corrected chi connectivity index (χ1v) is 4.98. The first-order chi connectivity index (χ1) is 7.13. The fraction of sp³-hybridized carbons (Fsp3) is 0.0909. The molecule has 0 saturated carbocycles. The summed E-state index contributed by atoms with van der Waals surface area (Å²) >= 11 is 3.29. The van der Waals surface area contributed by atoms with Crippen LogP contribution in [0, 0.1) is 0 Å². The van der Waals surface area contributed by atoms with E-state index in [1.54, 1.807) is 6.08 Å². The lowest BCUT2D eigenvalue weighted by Gasteiger charge is -1.94. The maximum atomic E-state index is 11.0. The second-order valence-electron chi connectivity index (χ2n) is 2.74. The summed E-state index contributed by atoms with van der Waals surface area (Å²) in [5.41, 5.74) is 0.843. The summed E-state index contributed by atoms with van der Waals surface area (Å²) in [6.45, 7) is 0. The average Bonchev–Trinajstić information content (AvgIpc) is 2.26. The fourth-order valence-corrected chi connectivity index (χ4v) is 1.18. The number of methoxy groups -OCH3 is 1. The van der Waals surface area contributed by atoms with Crippen molar-refractivity contribution in [2.24, 2.45) is 0 Å². The Kier molecular flexibility index (Phi) is 4.24. The summed E-state index contributed by atoms with van der Waals surface area (Å²) in [7, 11) is 1.17. The van der Waals surface area contributed by atoms with Crippen molar-refractivity contribution in [3.8, 4) is 0 Å². The molecule has 0 aliphatic carbocycles. The van der Waals surface area contributed by atoms with Crippen LogP contribution in [0.25, 0.3) is 6.08 Å². The number of esters is 1. The van der Waals surface area contributed by atoms with Crippen LogP contribution >= 0.6 is 15.9 Å². The van der Waals surface area contributed by atoms with E-state index in [2.05, 4.69) is 20.7 Å². The summed E-state index contributed by atoms with van der Waals surface area (Å²) in [5.74, 6) is -1.52. The van der Waals surface area contributed by atoms with Crippen molar-refractivity contribution >= 4 is 33.8 Å². The minimum absolute atomic E-state index is 0.666. The number of ketones is 1. The molecule has 0 radical (unpaired) electrons. The van der Waals surface area contributed by atoms with E-state index < -0.39 is 11.8 Å². The third-order valence-electron chi connectivity index (χ3n) is 1.68. The highest BCUT2D eigenvalue weighted by atomic mass is 79.9. The van der Waals surface area contributed by atoms with E-state index in [4.69, 9.17) is 0 Å². The van der Waals surface area contributed by atoms with Gasteiger partial charge in [0, 0.05) is 4.47 Å². The quantitative estimate of drug-likeness (QED) is 0.480. The molecule has 1 aromatic carbocycles. The largest absolute Gasteiger partial charge is 0.463 e. The molecule has 0 saturated heterocycles. The molecule has 0 spiro atoms. The number of benzene rings is 1. The van der Waals surface area contributed by atoms with Crippen molar-refractivity contribution in [1.29, 1.82) is 0 Å². The summed E-state index contributed by atoms with van der Waals surface area (Å²) in [5, 5.41) is 0. The minimum Gasteiger partial charge on any atom is -0.463 e. The van der Waals surface area contributed by atoms with Crippen molar-refractivity contribution in [1.82, 2.24) is 0 Å². The normalized spacial score (nSPS) is 10.3. The molecule has 0 amide bonds. The van der Waals surface area contributed by atoms with E-state index in [9.17, 15) is 9.59 Å². The minimum atomic E-state index is -0.858. The van der Waals surface area contributed by atoms with E-state index in [1.165, 1.54) is 13.2 Å². The molecule has 1 aromatic rings. The molecule has 3 nitrogen and oxygen atoms in total. The van der Waals surface area contributed by atoms with Gasteiger partial charge in [-0.05, 0) is 23.8 Å². The van der Waals surface area contributed by atoms with Crippen molar-refractivity contribution in [3.05, 3.63) is 40.4 Å². The Labute approximate surface area is 95.9 Å². The molecule has 0 N–H and O–H groups in total.